The second-order valence-corrected chi connectivity index (χ2v) is 13.0. The number of nitrogens with zero attached hydrogens (tertiary/aromatic N) is 5. The van der Waals surface area contributed by atoms with Gasteiger partial charge in [0.2, 0.25) is 11.8 Å². The molecule has 220 valence electrons. The van der Waals surface area contributed by atoms with E-state index in [2.05, 4.69) is 11.4 Å². The summed E-state index contributed by atoms with van der Waals surface area (Å²) in [6, 6.07) is 7.53. The summed E-state index contributed by atoms with van der Waals surface area (Å²) in [5.41, 5.74) is 0.721. The summed E-state index contributed by atoms with van der Waals surface area (Å²) in [6.07, 6.45) is 1.47. The van der Waals surface area contributed by atoms with Crippen LogP contribution >= 0.6 is 0 Å². The molecule has 4 fully saturated rings. The fraction of sp³-hybridized carbons (Fsp3) is 0.633. The number of fused-ring (bicyclic) bond motifs is 3. The maximum Gasteiger partial charge on any atom is 0.408 e. The lowest BCUT2D eigenvalue weighted by Gasteiger charge is -2.39. The second kappa shape index (κ2) is 10.6. The maximum atomic E-state index is 13.8. The molecular formula is C30H40N6O5. The third-order valence-electron chi connectivity index (χ3n) is 8.67. The molecule has 41 heavy (non-hydrogen) atoms. The number of carbonyl (C=O) groups excluding carboxylic acids is 4. The minimum Gasteiger partial charge on any atom is -0.444 e. The first kappa shape index (κ1) is 28.9. The van der Waals surface area contributed by atoms with Gasteiger partial charge >= 0.3 is 6.09 Å². The third kappa shape index (κ3) is 5.62. The van der Waals surface area contributed by atoms with Gasteiger partial charge in [-0.3, -0.25) is 19.3 Å². The summed E-state index contributed by atoms with van der Waals surface area (Å²) < 4.78 is 5.45. The van der Waals surface area contributed by atoms with Gasteiger partial charge in [0, 0.05) is 44.8 Å². The number of nitriles is 1. The average molecular weight is 565 g/mol. The van der Waals surface area contributed by atoms with E-state index < -0.39 is 29.8 Å². The molecule has 3 saturated heterocycles. The van der Waals surface area contributed by atoms with Gasteiger partial charge in [0.25, 0.3) is 5.91 Å². The standard InChI is InChI=1S/C30H40N6O5/c1-17(18-8-7-9-19(10-18)26(37)33(5)6)35-22-13-25(28(35)39)34(15-22)16-23(32-29(40)41-30(2,3)4)27(38)36-21(14-31)11-20-12-24(20)36/h7-10,17,20-25H,11-13,15-16H2,1-6H3,(H,32,40)/t17-,20+,21-,22-,23-,24-,25-/m0/s1. The second-order valence-electron chi connectivity index (χ2n) is 13.0. The van der Waals surface area contributed by atoms with Gasteiger partial charge in [-0.05, 0) is 70.6 Å². The van der Waals surface area contributed by atoms with Crippen LogP contribution in [0.5, 0.6) is 0 Å². The van der Waals surface area contributed by atoms with E-state index in [1.54, 1.807) is 45.8 Å². The number of likely N-dealkylation sites (tertiary alicyclic amines) is 3. The molecule has 1 aromatic carbocycles. The van der Waals surface area contributed by atoms with E-state index in [1.165, 1.54) is 4.90 Å². The molecule has 3 aliphatic heterocycles. The summed E-state index contributed by atoms with van der Waals surface area (Å²) >= 11 is 0. The van der Waals surface area contributed by atoms with E-state index in [1.807, 2.05) is 34.9 Å². The van der Waals surface area contributed by atoms with E-state index in [-0.39, 0.29) is 42.4 Å². The number of carbonyl (C=O) groups is 4. The Hall–Kier alpha value is -3.65. The van der Waals surface area contributed by atoms with Crippen LogP contribution in [-0.2, 0) is 14.3 Å². The average Bonchev–Trinajstić information content (AvgIpc) is 3.23. The normalized spacial score (nSPS) is 28.1. The van der Waals surface area contributed by atoms with E-state index in [9.17, 15) is 24.4 Å². The van der Waals surface area contributed by atoms with Crippen LogP contribution in [0.3, 0.4) is 0 Å². The van der Waals surface area contributed by atoms with Crippen LogP contribution in [0.4, 0.5) is 4.79 Å². The number of rotatable bonds is 7. The summed E-state index contributed by atoms with van der Waals surface area (Å²) in [5.74, 6) is -0.0753. The van der Waals surface area contributed by atoms with Crippen LogP contribution in [0, 0.1) is 17.2 Å². The van der Waals surface area contributed by atoms with Crippen molar-refractivity contribution in [1.29, 1.82) is 5.26 Å². The van der Waals surface area contributed by atoms with Gasteiger partial charge in [0.1, 0.15) is 17.7 Å². The number of benzene rings is 1. The number of amides is 4. The highest BCUT2D eigenvalue weighted by Crippen LogP contribution is 2.48. The predicted molar refractivity (Wildman–Crippen MR) is 149 cm³/mol. The minimum absolute atomic E-state index is 0.0279. The molecule has 1 aliphatic carbocycles. The molecule has 0 spiro atoms. The highest BCUT2D eigenvalue weighted by atomic mass is 16.6. The Morgan fingerprint density at radius 3 is 2.56 bits per heavy atom. The molecule has 0 unspecified atom stereocenters. The molecule has 1 N–H and O–H groups in total. The van der Waals surface area contributed by atoms with E-state index in [0.717, 1.165) is 12.0 Å². The summed E-state index contributed by atoms with van der Waals surface area (Å²) in [4.78, 5) is 59.7. The lowest BCUT2D eigenvalue weighted by Crippen LogP contribution is -2.59. The van der Waals surface area contributed by atoms with Crippen molar-refractivity contribution < 1.29 is 23.9 Å². The van der Waals surface area contributed by atoms with Gasteiger partial charge in [-0.15, -0.1) is 0 Å². The lowest BCUT2D eigenvalue weighted by molar-refractivity contribution is -0.141. The van der Waals surface area contributed by atoms with Crippen molar-refractivity contribution in [3.63, 3.8) is 0 Å². The van der Waals surface area contributed by atoms with Crippen molar-refractivity contribution in [2.24, 2.45) is 5.92 Å². The van der Waals surface area contributed by atoms with Crippen molar-refractivity contribution in [3.05, 3.63) is 35.4 Å². The first-order chi connectivity index (χ1) is 19.3. The quantitative estimate of drug-likeness (QED) is 0.538. The van der Waals surface area contributed by atoms with E-state index in [0.29, 0.717) is 30.9 Å². The number of hydrogen-bond acceptors (Lipinski definition) is 7. The van der Waals surface area contributed by atoms with Crippen LogP contribution in [0.1, 0.15) is 68.9 Å². The number of piperidine rings is 1. The monoisotopic (exact) mass is 564 g/mol. The molecule has 11 heteroatoms. The van der Waals surface area contributed by atoms with Crippen molar-refractivity contribution in [2.75, 3.05) is 27.2 Å². The molecule has 0 radical (unpaired) electrons. The number of piperazine rings is 1. The smallest absolute Gasteiger partial charge is 0.408 e. The zero-order chi connectivity index (χ0) is 29.8. The zero-order valence-electron chi connectivity index (χ0n) is 24.7. The van der Waals surface area contributed by atoms with Crippen LogP contribution in [0.25, 0.3) is 0 Å². The first-order valence-corrected chi connectivity index (χ1v) is 14.4. The fourth-order valence-corrected chi connectivity index (χ4v) is 6.69. The molecule has 2 bridgehead atoms. The van der Waals surface area contributed by atoms with Gasteiger partial charge in [0.15, 0.2) is 0 Å². The molecule has 4 aliphatic rings. The topological polar surface area (TPSA) is 126 Å². The summed E-state index contributed by atoms with van der Waals surface area (Å²) in [5, 5.41) is 12.4. The number of ether oxygens (including phenoxy) is 1. The highest BCUT2D eigenvalue weighted by Gasteiger charge is 2.56. The van der Waals surface area contributed by atoms with Crippen LogP contribution in [0.2, 0.25) is 0 Å². The van der Waals surface area contributed by atoms with Crippen LogP contribution in [0.15, 0.2) is 24.3 Å². The molecule has 0 aromatic heterocycles. The Labute approximate surface area is 241 Å². The number of hydrogen-bond donors (Lipinski definition) is 1. The summed E-state index contributed by atoms with van der Waals surface area (Å²) in [6.45, 7) is 7.95. The zero-order valence-corrected chi connectivity index (χ0v) is 24.7. The maximum absolute atomic E-state index is 13.8. The first-order valence-electron chi connectivity index (χ1n) is 14.4. The summed E-state index contributed by atoms with van der Waals surface area (Å²) in [7, 11) is 3.41. The van der Waals surface area contributed by atoms with Crippen molar-refractivity contribution in [1.82, 2.24) is 24.9 Å². The third-order valence-corrected chi connectivity index (χ3v) is 8.67. The van der Waals surface area contributed by atoms with Gasteiger partial charge in [-0.25, -0.2) is 4.79 Å². The Balaban J connectivity index is 1.30. The van der Waals surface area contributed by atoms with Gasteiger partial charge in [-0.1, -0.05) is 12.1 Å². The molecule has 5 rings (SSSR count). The molecular weight excluding hydrogens is 524 g/mol. The predicted octanol–water partition coefficient (Wildman–Crippen LogP) is 2.14. The Kier molecular flexibility index (Phi) is 7.49. The molecule has 11 nitrogen and oxygen atoms in total. The largest absolute Gasteiger partial charge is 0.444 e. The molecule has 1 aromatic rings. The van der Waals surface area contributed by atoms with E-state index in [4.69, 9.17) is 4.74 Å². The van der Waals surface area contributed by atoms with Crippen molar-refractivity contribution in [3.8, 4) is 6.07 Å². The molecule has 7 atom stereocenters. The molecule has 1 saturated carbocycles. The van der Waals surface area contributed by atoms with Crippen molar-refractivity contribution in [2.45, 2.75) is 88.8 Å². The van der Waals surface area contributed by atoms with Gasteiger partial charge < -0.3 is 24.8 Å². The molecule has 4 amide bonds. The minimum atomic E-state index is -0.938. The number of nitrogens with one attached hydrogen (secondary N) is 1. The van der Waals surface area contributed by atoms with Gasteiger partial charge in [-0.2, -0.15) is 5.26 Å². The Morgan fingerprint density at radius 2 is 1.93 bits per heavy atom. The fourth-order valence-electron chi connectivity index (χ4n) is 6.69. The Bertz CT molecular complexity index is 1280. The Morgan fingerprint density at radius 1 is 1.20 bits per heavy atom. The highest BCUT2D eigenvalue weighted by molar-refractivity contribution is 5.94. The van der Waals surface area contributed by atoms with Crippen molar-refractivity contribution >= 4 is 23.8 Å². The van der Waals surface area contributed by atoms with Crippen LogP contribution < -0.4 is 5.32 Å². The van der Waals surface area contributed by atoms with E-state index >= 15 is 0 Å². The van der Waals surface area contributed by atoms with Gasteiger partial charge in [0.05, 0.1) is 18.2 Å². The van der Waals surface area contributed by atoms with Crippen LogP contribution in [-0.4, -0.2) is 106 Å². The SMILES string of the molecule is C[C@@H](c1cccc(C(=O)N(C)C)c1)N1C(=O)[C@@H]2C[C@H]1CN2C[C@H](NC(=O)OC(C)(C)C)C(=O)N1[C@H](C#N)C[C@@H]2C[C@@H]21. The number of alkyl carbamates (subject to hydrolysis) is 1. The molecule has 3 heterocycles. The lowest BCUT2D eigenvalue weighted by atomic mass is 10.0.